The molecular weight excluding hydrogens is 234 g/mol. The van der Waals surface area contributed by atoms with Gasteiger partial charge < -0.3 is 10.3 Å². The molecule has 0 saturated carbocycles. The van der Waals surface area contributed by atoms with Crippen molar-refractivity contribution >= 4 is 11.6 Å². The summed E-state index contributed by atoms with van der Waals surface area (Å²) < 4.78 is 1.95. The van der Waals surface area contributed by atoms with Crippen molar-refractivity contribution in [2.24, 2.45) is 12.8 Å². The van der Waals surface area contributed by atoms with Crippen LogP contribution in [0, 0.1) is 0 Å². The van der Waals surface area contributed by atoms with Gasteiger partial charge in [-0.3, -0.25) is 0 Å². The smallest absolute Gasteiger partial charge is 0.152 e. The lowest BCUT2D eigenvalue weighted by Gasteiger charge is -2.05. The summed E-state index contributed by atoms with van der Waals surface area (Å²) in [5.74, 6) is 0.859. The van der Waals surface area contributed by atoms with E-state index in [0.717, 1.165) is 23.5 Å². The Morgan fingerprint density at radius 3 is 2.41 bits per heavy atom. The summed E-state index contributed by atoms with van der Waals surface area (Å²) in [6.45, 7) is 2.54. The first-order valence-electron chi connectivity index (χ1n) is 5.67. The molecule has 1 aromatic heterocycles. The highest BCUT2D eigenvalue weighted by atomic mass is 35.5. The topological polar surface area (TPSA) is 43.8 Å². The highest BCUT2D eigenvalue weighted by molar-refractivity contribution is 6.30. The number of hydrogen-bond donors (Lipinski definition) is 1. The van der Waals surface area contributed by atoms with Gasteiger partial charge in [0.05, 0.1) is 5.69 Å². The van der Waals surface area contributed by atoms with Gasteiger partial charge in [0.2, 0.25) is 0 Å². The van der Waals surface area contributed by atoms with Gasteiger partial charge in [0, 0.05) is 19.2 Å². The van der Waals surface area contributed by atoms with Crippen LogP contribution in [-0.4, -0.2) is 9.55 Å². The van der Waals surface area contributed by atoms with Crippen LogP contribution in [0.1, 0.15) is 18.2 Å². The zero-order chi connectivity index (χ0) is 12.4. The molecule has 0 amide bonds. The molecule has 2 rings (SSSR count). The van der Waals surface area contributed by atoms with E-state index in [9.17, 15) is 0 Å². The average Bonchev–Trinajstić information content (AvgIpc) is 2.64. The predicted molar refractivity (Wildman–Crippen MR) is 70.9 cm³/mol. The first-order chi connectivity index (χ1) is 8.17. The standard InChI is InChI=1S/C13H16ClN3/c1-3-9-4-6-10(7-5-9)13-16-12(14)11(8-15)17(13)2/h4-7H,3,8,15H2,1-2H3. The highest BCUT2D eigenvalue weighted by Crippen LogP contribution is 2.24. The minimum atomic E-state index is 0.398. The van der Waals surface area contributed by atoms with E-state index in [4.69, 9.17) is 17.3 Å². The Bertz CT molecular complexity index is 514. The number of nitrogens with two attached hydrogens (primary N) is 1. The summed E-state index contributed by atoms with van der Waals surface area (Å²) in [6, 6.07) is 8.36. The maximum absolute atomic E-state index is 6.05. The quantitative estimate of drug-likeness (QED) is 0.909. The lowest BCUT2D eigenvalue weighted by molar-refractivity contribution is 0.828. The number of rotatable bonds is 3. The van der Waals surface area contributed by atoms with Gasteiger partial charge in [-0.2, -0.15) is 0 Å². The molecule has 0 fully saturated rings. The number of nitrogens with zero attached hydrogens (tertiary/aromatic N) is 2. The van der Waals surface area contributed by atoms with E-state index >= 15 is 0 Å². The molecule has 0 unspecified atom stereocenters. The van der Waals surface area contributed by atoms with Crippen molar-refractivity contribution in [2.75, 3.05) is 0 Å². The van der Waals surface area contributed by atoms with Crippen molar-refractivity contribution < 1.29 is 0 Å². The second-order valence-electron chi connectivity index (χ2n) is 3.99. The number of aromatic nitrogens is 2. The summed E-state index contributed by atoms with van der Waals surface area (Å²) in [6.07, 6.45) is 1.04. The van der Waals surface area contributed by atoms with Gasteiger partial charge in [-0.1, -0.05) is 42.8 Å². The minimum absolute atomic E-state index is 0.398. The molecule has 0 saturated heterocycles. The van der Waals surface area contributed by atoms with Gasteiger partial charge in [0.1, 0.15) is 5.82 Å². The third-order valence-corrected chi connectivity index (χ3v) is 3.28. The van der Waals surface area contributed by atoms with Crippen molar-refractivity contribution in [2.45, 2.75) is 19.9 Å². The van der Waals surface area contributed by atoms with E-state index in [1.807, 2.05) is 11.6 Å². The first-order valence-corrected chi connectivity index (χ1v) is 6.05. The van der Waals surface area contributed by atoms with Crippen molar-refractivity contribution in [3.05, 3.63) is 40.7 Å². The minimum Gasteiger partial charge on any atom is -0.329 e. The van der Waals surface area contributed by atoms with Gasteiger partial charge in [-0.05, 0) is 12.0 Å². The summed E-state index contributed by atoms with van der Waals surface area (Å²) >= 11 is 6.05. The fourth-order valence-corrected chi connectivity index (χ4v) is 2.15. The average molecular weight is 250 g/mol. The number of halogens is 1. The highest BCUT2D eigenvalue weighted by Gasteiger charge is 2.12. The van der Waals surface area contributed by atoms with Crippen LogP contribution in [-0.2, 0) is 20.0 Å². The zero-order valence-electron chi connectivity index (χ0n) is 10.1. The maximum atomic E-state index is 6.05. The van der Waals surface area contributed by atoms with Crippen LogP contribution in [0.2, 0.25) is 5.15 Å². The van der Waals surface area contributed by atoms with Crippen LogP contribution in [0.3, 0.4) is 0 Å². The molecule has 4 heteroatoms. The molecule has 0 aliphatic heterocycles. The lowest BCUT2D eigenvalue weighted by Crippen LogP contribution is -2.04. The molecule has 2 aromatic rings. The van der Waals surface area contributed by atoms with Gasteiger partial charge in [-0.25, -0.2) is 4.98 Å². The zero-order valence-corrected chi connectivity index (χ0v) is 10.8. The van der Waals surface area contributed by atoms with E-state index in [1.165, 1.54) is 5.56 Å². The number of aryl methyl sites for hydroxylation is 1. The number of imidazole rings is 1. The first kappa shape index (κ1) is 12.1. The van der Waals surface area contributed by atoms with E-state index in [0.29, 0.717) is 11.7 Å². The Balaban J connectivity index is 2.45. The number of hydrogen-bond acceptors (Lipinski definition) is 2. The van der Waals surface area contributed by atoms with Crippen LogP contribution in [0.15, 0.2) is 24.3 Å². The van der Waals surface area contributed by atoms with E-state index in [-0.39, 0.29) is 0 Å². The Morgan fingerprint density at radius 2 is 1.94 bits per heavy atom. The second-order valence-corrected chi connectivity index (χ2v) is 4.34. The van der Waals surface area contributed by atoms with Gasteiger partial charge in [-0.15, -0.1) is 0 Å². The normalized spacial score (nSPS) is 10.8. The molecular formula is C13H16ClN3. The SMILES string of the molecule is CCc1ccc(-c2nc(Cl)c(CN)n2C)cc1. The molecule has 0 spiro atoms. The molecule has 3 nitrogen and oxygen atoms in total. The van der Waals surface area contributed by atoms with Gasteiger partial charge in [0.15, 0.2) is 5.15 Å². The van der Waals surface area contributed by atoms with Crippen molar-refractivity contribution in [1.82, 2.24) is 9.55 Å². The summed E-state index contributed by atoms with van der Waals surface area (Å²) in [4.78, 5) is 4.36. The van der Waals surface area contributed by atoms with E-state index in [2.05, 4.69) is 36.2 Å². The Hall–Kier alpha value is -1.32. The fraction of sp³-hybridized carbons (Fsp3) is 0.308. The molecule has 90 valence electrons. The van der Waals surface area contributed by atoms with Crippen LogP contribution < -0.4 is 5.73 Å². The van der Waals surface area contributed by atoms with Crippen molar-refractivity contribution in [3.8, 4) is 11.4 Å². The molecule has 0 radical (unpaired) electrons. The third-order valence-electron chi connectivity index (χ3n) is 2.98. The summed E-state index contributed by atoms with van der Waals surface area (Å²) in [7, 11) is 1.93. The summed E-state index contributed by atoms with van der Waals surface area (Å²) in [5, 5.41) is 0.490. The van der Waals surface area contributed by atoms with Crippen molar-refractivity contribution in [3.63, 3.8) is 0 Å². The Morgan fingerprint density at radius 1 is 1.29 bits per heavy atom. The van der Waals surface area contributed by atoms with Crippen molar-refractivity contribution in [1.29, 1.82) is 0 Å². The Kier molecular flexibility index (Phi) is 3.50. The molecule has 2 N–H and O–H groups in total. The molecule has 1 heterocycles. The van der Waals surface area contributed by atoms with Crippen LogP contribution >= 0.6 is 11.6 Å². The van der Waals surface area contributed by atoms with E-state index < -0.39 is 0 Å². The fourth-order valence-electron chi connectivity index (χ4n) is 1.87. The monoisotopic (exact) mass is 249 g/mol. The second kappa shape index (κ2) is 4.90. The maximum Gasteiger partial charge on any atom is 0.152 e. The Labute approximate surface area is 106 Å². The molecule has 0 aliphatic carbocycles. The molecule has 0 aliphatic rings. The lowest BCUT2D eigenvalue weighted by atomic mass is 10.1. The van der Waals surface area contributed by atoms with Gasteiger partial charge in [0.25, 0.3) is 0 Å². The van der Waals surface area contributed by atoms with Crippen LogP contribution in [0.25, 0.3) is 11.4 Å². The largest absolute Gasteiger partial charge is 0.329 e. The summed E-state index contributed by atoms with van der Waals surface area (Å²) in [5.41, 5.74) is 8.88. The van der Waals surface area contributed by atoms with Gasteiger partial charge >= 0.3 is 0 Å². The van der Waals surface area contributed by atoms with E-state index in [1.54, 1.807) is 0 Å². The van der Waals surface area contributed by atoms with Crippen LogP contribution in [0.5, 0.6) is 0 Å². The molecule has 1 aromatic carbocycles. The third kappa shape index (κ3) is 2.21. The molecule has 0 bridgehead atoms. The number of benzene rings is 1. The molecule has 17 heavy (non-hydrogen) atoms. The van der Waals surface area contributed by atoms with Crippen LogP contribution in [0.4, 0.5) is 0 Å². The predicted octanol–water partition coefficient (Wildman–Crippen LogP) is 2.76. The molecule has 0 atom stereocenters.